The number of carbonyl (C=O) groups excluding carboxylic acids is 3. The number of nitrogens with two attached hydrogens (primary N) is 1. The lowest BCUT2D eigenvalue weighted by molar-refractivity contribution is -0.153. The van der Waals surface area contributed by atoms with Gasteiger partial charge in [-0.15, -0.1) is 0 Å². The molecule has 1 unspecified atom stereocenters. The van der Waals surface area contributed by atoms with Crippen LogP contribution in [0.2, 0.25) is 0 Å². The lowest BCUT2D eigenvalue weighted by Crippen LogP contribution is -2.65. The molecule has 3 aliphatic carbocycles. The molecule has 7 N–H and O–H groups in total. The van der Waals surface area contributed by atoms with Crippen molar-refractivity contribution in [1.82, 2.24) is 4.90 Å². The first-order valence-electron chi connectivity index (χ1n) is 14.0. The van der Waals surface area contributed by atoms with Crippen LogP contribution in [0.25, 0.3) is 16.9 Å². The summed E-state index contributed by atoms with van der Waals surface area (Å²) in [5.41, 5.74) is 4.45. The molecule has 11 heteroatoms. The van der Waals surface area contributed by atoms with E-state index in [9.17, 15) is 34.8 Å². The Morgan fingerprint density at radius 2 is 1.74 bits per heavy atom. The number of nitrogens with one attached hydrogen (secondary N) is 1. The summed E-state index contributed by atoms with van der Waals surface area (Å²) in [6.07, 6.45) is 1.87. The van der Waals surface area contributed by atoms with E-state index in [1.165, 1.54) is 11.0 Å². The van der Waals surface area contributed by atoms with Crippen molar-refractivity contribution in [2.75, 3.05) is 19.4 Å². The Morgan fingerprint density at radius 3 is 2.33 bits per heavy atom. The lowest BCUT2D eigenvalue weighted by atomic mass is 9.57. The number of aliphatic hydroxyl groups is 3. The van der Waals surface area contributed by atoms with Crippen molar-refractivity contribution in [2.24, 2.45) is 22.6 Å². The highest BCUT2D eigenvalue weighted by Crippen LogP contribution is 2.53. The van der Waals surface area contributed by atoms with E-state index in [4.69, 9.17) is 5.73 Å². The van der Waals surface area contributed by atoms with E-state index in [1.54, 1.807) is 26.5 Å². The van der Waals surface area contributed by atoms with Crippen LogP contribution in [0.3, 0.4) is 0 Å². The Balaban J connectivity index is 1.60. The van der Waals surface area contributed by atoms with Crippen LogP contribution in [0.4, 0.5) is 5.69 Å². The number of Topliss-reactive ketones (excluding diaryl/α,β-unsaturated/α-hetero) is 2. The van der Waals surface area contributed by atoms with Gasteiger partial charge in [-0.1, -0.05) is 18.2 Å². The van der Waals surface area contributed by atoms with Gasteiger partial charge in [-0.05, 0) is 88.5 Å². The summed E-state index contributed by atoms with van der Waals surface area (Å²) >= 11 is 0. The van der Waals surface area contributed by atoms with E-state index in [2.05, 4.69) is 10.3 Å². The Bertz CT molecular complexity index is 1630. The van der Waals surface area contributed by atoms with Crippen molar-refractivity contribution in [1.29, 1.82) is 0 Å². The molecule has 1 saturated carbocycles. The first-order chi connectivity index (χ1) is 20.1. The van der Waals surface area contributed by atoms with E-state index in [-0.39, 0.29) is 35.3 Å². The molecule has 0 aliphatic heterocycles. The summed E-state index contributed by atoms with van der Waals surface area (Å²) in [6.45, 7) is 5.97. The fourth-order valence-electron chi connectivity index (χ4n) is 6.56. The molecule has 0 saturated heterocycles. The molecule has 0 aromatic heterocycles. The second-order valence-corrected chi connectivity index (χ2v) is 12.6. The maximum Gasteiger partial charge on any atom is 0.255 e. The molecule has 0 spiro atoms. The summed E-state index contributed by atoms with van der Waals surface area (Å²) in [5, 5.41) is 48.2. The normalized spacial score (nSPS) is 25.6. The average molecular weight is 589 g/mol. The van der Waals surface area contributed by atoms with E-state index in [1.807, 2.05) is 45.0 Å². The number of amides is 1. The van der Waals surface area contributed by atoms with E-state index in [0.29, 0.717) is 5.56 Å². The maximum atomic E-state index is 14.0. The van der Waals surface area contributed by atoms with E-state index >= 15 is 0 Å². The molecule has 2 aromatic carbocycles. The van der Waals surface area contributed by atoms with E-state index in [0.717, 1.165) is 16.8 Å². The smallest absolute Gasteiger partial charge is 0.255 e. The van der Waals surface area contributed by atoms with Gasteiger partial charge < -0.3 is 31.5 Å². The molecule has 2 aromatic rings. The standard InChI is InChI=1S/C32H36N4O7/c1-31(2,3)35-14-34-17-8-6-15(7-9-17)18-10-11-21(37)23-19(18)12-16-13-20-25(36(4)5)27(39)24(30(33)42)29(41)32(20,43)28(40)22(16)26(23)38/h6-11,14,16,20,25,37-38,41,43H,12-13H2,1-5H3,(H2,33,42)(H,34,35)/t16-,20-,25?,32-/m0/s1. The number of hydrogen-bond acceptors (Lipinski definition) is 9. The Morgan fingerprint density at radius 1 is 1.09 bits per heavy atom. The van der Waals surface area contributed by atoms with Crippen molar-refractivity contribution < 1.29 is 34.8 Å². The summed E-state index contributed by atoms with van der Waals surface area (Å²) in [6, 6.07) is 9.53. The fraction of sp³-hybridized carbons (Fsp3) is 0.375. The highest BCUT2D eigenvalue weighted by Gasteiger charge is 2.64. The van der Waals surface area contributed by atoms with Gasteiger partial charge in [0.2, 0.25) is 5.78 Å². The number of nitrogens with zero attached hydrogens (tertiary/aromatic N) is 2. The van der Waals surface area contributed by atoms with Gasteiger partial charge in [0.25, 0.3) is 5.91 Å². The van der Waals surface area contributed by atoms with Gasteiger partial charge in [0, 0.05) is 17.2 Å². The van der Waals surface area contributed by atoms with Gasteiger partial charge in [0.1, 0.15) is 22.8 Å². The van der Waals surface area contributed by atoms with Gasteiger partial charge in [0.15, 0.2) is 11.4 Å². The lowest BCUT2D eigenvalue weighted by Gasteiger charge is -2.50. The van der Waals surface area contributed by atoms with E-state index < -0.39 is 58.0 Å². The molecule has 1 amide bonds. The number of phenolic OH excluding ortho intramolecular Hbond substituents is 1. The van der Waals surface area contributed by atoms with Crippen molar-refractivity contribution >= 4 is 35.3 Å². The number of carbonyl (C=O) groups is 3. The first kappa shape index (κ1) is 30.0. The number of likely N-dealkylation sites (N-methyl/N-ethyl adjacent to an activating group) is 1. The zero-order valence-electron chi connectivity index (χ0n) is 24.7. The van der Waals surface area contributed by atoms with Crippen LogP contribution in [-0.2, 0) is 20.8 Å². The molecule has 1 fully saturated rings. The fourth-order valence-corrected chi connectivity index (χ4v) is 6.56. The van der Waals surface area contributed by atoms with Gasteiger partial charge >= 0.3 is 0 Å². The van der Waals surface area contributed by atoms with Crippen LogP contribution in [-0.4, -0.2) is 80.4 Å². The Hall–Kier alpha value is -4.48. The number of aliphatic hydroxyl groups excluding tert-OH is 2. The first-order valence-corrected chi connectivity index (χ1v) is 14.0. The van der Waals surface area contributed by atoms with Crippen molar-refractivity contribution in [3.63, 3.8) is 0 Å². The Labute approximate surface area is 249 Å². The van der Waals surface area contributed by atoms with Crippen molar-refractivity contribution in [3.05, 3.63) is 64.4 Å². The molecule has 11 nitrogen and oxygen atoms in total. The van der Waals surface area contributed by atoms with Gasteiger partial charge in [-0.2, -0.15) is 0 Å². The number of anilines is 1. The molecule has 0 heterocycles. The summed E-state index contributed by atoms with van der Waals surface area (Å²) in [7, 11) is 3.13. The minimum absolute atomic E-state index is 0.0246. The number of benzene rings is 2. The number of rotatable bonds is 5. The number of fused-ring (bicyclic) bond motifs is 3. The molecule has 5 rings (SSSR count). The van der Waals surface area contributed by atoms with Crippen LogP contribution in [0.1, 0.15) is 38.3 Å². The number of aromatic hydroxyl groups is 1. The zero-order valence-corrected chi connectivity index (χ0v) is 24.7. The highest BCUT2D eigenvalue weighted by molar-refractivity contribution is 6.24. The number of primary amides is 1. The molecule has 226 valence electrons. The van der Waals surface area contributed by atoms with Gasteiger partial charge in [-0.25, -0.2) is 0 Å². The highest BCUT2D eigenvalue weighted by atomic mass is 16.3. The monoisotopic (exact) mass is 588 g/mol. The number of ketones is 2. The third-order valence-corrected chi connectivity index (χ3v) is 8.48. The van der Waals surface area contributed by atoms with Crippen LogP contribution in [0, 0.1) is 11.8 Å². The predicted molar refractivity (Wildman–Crippen MR) is 162 cm³/mol. The van der Waals surface area contributed by atoms with Crippen LogP contribution in [0.15, 0.2) is 58.3 Å². The molecule has 43 heavy (non-hydrogen) atoms. The van der Waals surface area contributed by atoms with Crippen LogP contribution < -0.4 is 11.1 Å². The zero-order chi connectivity index (χ0) is 31.6. The molecular weight excluding hydrogens is 552 g/mol. The second kappa shape index (κ2) is 10.4. The minimum atomic E-state index is -2.67. The average Bonchev–Trinajstić information content (AvgIpc) is 2.90. The topological polar surface area (TPSA) is 186 Å². The molecule has 0 bridgehead atoms. The molecule has 3 aliphatic rings. The minimum Gasteiger partial charge on any atom is -0.508 e. The summed E-state index contributed by atoms with van der Waals surface area (Å²) < 4.78 is 0. The van der Waals surface area contributed by atoms with Crippen LogP contribution >= 0.6 is 0 Å². The molecule has 4 atom stereocenters. The quantitative estimate of drug-likeness (QED) is 0.174. The predicted octanol–water partition coefficient (Wildman–Crippen LogP) is 2.87. The largest absolute Gasteiger partial charge is 0.508 e. The van der Waals surface area contributed by atoms with Crippen molar-refractivity contribution in [3.8, 4) is 16.9 Å². The number of aliphatic imine (C=N–C) groups is 1. The van der Waals surface area contributed by atoms with Gasteiger partial charge in [0.05, 0.1) is 23.5 Å². The number of hydrogen-bond donors (Lipinski definition) is 6. The Kier molecular flexibility index (Phi) is 7.22. The SMILES string of the molecule is CN(C)C1C(=O)C(C(N)=O)=C(O)[C@@]2(O)C(=O)C3=C(O)c4c(O)ccc(-c5ccc(NC=NC(C)(C)C)cc5)c4C[C@H]3C[C@@H]12. The van der Waals surface area contributed by atoms with Crippen LogP contribution in [0.5, 0.6) is 5.75 Å². The summed E-state index contributed by atoms with van der Waals surface area (Å²) in [5.74, 6) is -6.77. The molecular formula is C32H36N4O7. The maximum absolute atomic E-state index is 14.0. The third kappa shape index (κ3) is 4.78. The third-order valence-electron chi connectivity index (χ3n) is 8.48. The van der Waals surface area contributed by atoms with Crippen molar-refractivity contribution in [2.45, 2.75) is 50.8 Å². The molecule has 0 radical (unpaired) electrons. The van der Waals surface area contributed by atoms with Gasteiger partial charge in [-0.3, -0.25) is 24.3 Å². The number of phenols is 1. The second-order valence-electron chi connectivity index (χ2n) is 12.6. The summed E-state index contributed by atoms with van der Waals surface area (Å²) in [4.78, 5) is 45.3.